The van der Waals surface area contributed by atoms with Gasteiger partial charge in [0.1, 0.15) is 5.75 Å². The Morgan fingerprint density at radius 2 is 2.00 bits per heavy atom. The number of carbonyl (C=O) groups is 1. The molecule has 1 aromatic rings. The van der Waals surface area contributed by atoms with Crippen LogP contribution >= 0.6 is 0 Å². The average molecular weight is 276 g/mol. The summed E-state index contributed by atoms with van der Waals surface area (Å²) in [5, 5.41) is 0. The van der Waals surface area contributed by atoms with Crippen LogP contribution in [0.5, 0.6) is 5.75 Å². The number of likely N-dealkylation sites (tertiary alicyclic amines) is 1. The van der Waals surface area contributed by atoms with E-state index < -0.39 is 5.54 Å². The normalized spacial score (nSPS) is 17.1. The molecule has 1 aliphatic heterocycles. The van der Waals surface area contributed by atoms with Crippen LogP contribution in [-0.4, -0.2) is 36.5 Å². The molecule has 1 amide bonds. The quantitative estimate of drug-likeness (QED) is 0.920. The maximum absolute atomic E-state index is 12.1. The molecule has 0 spiro atoms. The van der Waals surface area contributed by atoms with E-state index in [1.165, 1.54) is 5.56 Å². The highest BCUT2D eigenvalue weighted by atomic mass is 16.5. The summed E-state index contributed by atoms with van der Waals surface area (Å²) in [6.07, 6.45) is 1.96. The number of nitrogens with zero attached hydrogens (tertiary/aromatic N) is 1. The summed E-state index contributed by atoms with van der Waals surface area (Å²) < 4.78 is 5.27. The molecule has 2 N–H and O–H groups in total. The molecule has 1 heterocycles. The number of hydrogen-bond donors (Lipinski definition) is 1. The number of ether oxygens (including phenoxy) is 1. The number of amides is 1. The summed E-state index contributed by atoms with van der Waals surface area (Å²) in [5.41, 5.74) is 6.41. The van der Waals surface area contributed by atoms with Crippen molar-refractivity contribution in [2.75, 3.05) is 20.2 Å². The summed E-state index contributed by atoms with van der Waals surface area (Å²) >= 11 is 0. The molecule has 0 unspecified atom stereocenters. The lowest BCUT2D eigenvalue weighted by Gasteiger charge is -2.35. The van der Waals surface area contributed by atoms with Crippen LogP contribution in [0.15, 0.2) is 24.3 Å². The van der Waals surface area contributed by atoms with Crippen LogP contribution in [0.3, 0.4) is 0 Å². The van der Waals surface area contributed by atoms with E-state index in [4.69, 9.17) is 10.5 Å². The first kappa shape index (κ1) is 14.9. The van der Waals surface area contributed by atoms with Crippen molar-refractivity contribution in [3.05, 3.63) is 29.8 Å². The van der Waals surface area contributed by atoms with Crippen LogP contribution in [-0.2, 0) is 4.79 Å². The molecule has 0 aliphatic carbocycles. The van der Waals surface area contributed by atoms with Crippen LogP contribution in [0.1, 0.15) is 38.2 Å². The van der Waals surface area contributed by atoms with Crippen molar-refractivity contribution in [1.29, 1.82) is 0 Å². The minimum absolute atomic E-state index is 0.0431. The molecule has 20 heavy (non-hydrogen) atoms. The highest BCUT2D eigenvalue weighted by molar-refractivity contribution is 5.85. The van der Waals surface area contributed by atoms with E-state index in [2.05, 4.69) is 12.1 Å². The van der Waals surface area contributed by atoms with Crippen molar-refractivity contribution in [2.45, 2.75) is 38.1 Å². The lowest BCUT2D eigenvalue weighted by atomic mass is 9.88. The number of nitrogens with two attached hydrogens (primary N) is 1. The maximum Gasteiger partial charge on any atom is 0.242 e. The number of benzene rings is 1. The van der Waals surface area contributed by atoms with Gasteiger partial charge in [0.25, 0.3) is 0 Å². The van der Waals surface area contributed by atoms with Crippen LogP contribution in [0, 0.1) is 0 Å². The lowest BCUT2D eigenvalue weighted by molar-refractivity contribution is -0.136. The zero-order chi connectivity index (χ0) is 14.8. The predicted molar refractivity (Wildman–Crippen MR) is 79.8 cm³/mol. The van der Waals surface area contributed by atoms with Crippen molar-refractivity contribution >= 4 is 5.91 Å². The molecule has 2 rings (SSSR count). The second-order valence-corrected chi connectivity index (χ2v) is 6.06. The van der Waals surface area contributed by atoms with Gasteiger partial charge in [-0.15, -0.1) is 0 Å². The summed E-state index contributed by atoms with van der Waals surface area (Å²) in [6, 6.07) is 8.21. The minimum Gasteiger partial charge on any atom is -0.497 e. The molecule has 1 aliphatic rings. The van der Waals surface area contributed by atoms with E-state index in [1.807, 2.05) is 17.0 Å². The van der Waals surface area contributed by atoms with Crippen LogP contribution in [0.2, 0.25) is 0 Å². The van der Waals surface area contributed by atoms with Crippen LogP contribution < -0.4 is 10.5 Å². The Morgan fingerprint density at radius 3 is 2.55 bits per heavy atom. The summed E-state index contributed by atoms with van der Waals surface area (Å²) in [4.78, 5) is 14.0. The topological polar surface area (TPSA) is 55.6 Å². The van der Waals surface area contributed by atoms with Crippen molar-refractivity contribution in [3.63, 3.8) is 0 Å². The molecular formula is C16H24N2O2. The molecule has 0 bridgehead atoms. The Balaban J connectivity index is 1.99. The number of piperidine rings is 1. The number of methoxy groups -OCH3 is 1. The van der Waals surface area contributed by atoms with Crippen LogP contribution in [0.4, 0.5) is 0 Å². The van der Waals surface area contributed by atoms with Gasteiger partial charge in [-0.05, 0) is 50.3 Å². The average Bonchev–Trinajstić information content (AvgIpc) is 2.46. The van der Waals surface area contributed by atoms with Gasteiger partial charge in [-0.2, -0.15) is 0 Å². The highest BCUT2D eigenvalue weighted by Crippen LogP contribution is 2.30. The fourth-order valence-corrected chi connectivity index (χ4v) is 2.72. The molecule has 1 fully saturated rings. The third-order valence-corrected chi connectivity index (χ3v) is 3.90. The van der Waals surface area contributed by atoms with Crippen molar-refractivity contribution < 1.29 is 9.53 Å². The van der Waals surface area contributed by atoms with Gasteiger partial charge >= 0.3 is 0 Å². The first-order valence-electron chi connectivity index (χ1n) is 7.14. The predicted octanol–water partition coefficient (Wildman–Crippen LogP) is 2.14. The summed E-state index contributed by atoms with van der Waals surface area (Å²) in [7, 11) is 1.68. The Morgan fingerprint density at radius 1 is 1.35 bits per heavy atom. The van der Waals surface area contributed by atoms with Gasteiger partial charge in [0.2, 0.25) is 5.91 Å². The van der Waals surface area contributed by atoms with E-state index in [1.54, 1.807) is 21.0 Å². The fourth-order valence-electron chi connectivity index (χ4n) is 2.72. The number of hydrogen-bond acceptors (Lipinski definition) is 3. The third kappa shape index (κ3) is 3.31. The smallest absolute Gasteiger partial charge is 0.242 e. The number of rotatable bonds is 3. The molecular weight excluding hydrogens is 252 g/mol. The van der Waals surface area contributed by atoms with E-state index in [9.17, 15) is 4.79 Å². The van der Waals surface area contributed by atoms with Gasteiger partial charge in [-0.25, -0.2) is 0 Å². The Labute approximate surface area is 120 Å². The highest BCUT2D eigenvalue weighted by Gasteiger charge is 2.31. The zero-order valence-electron chi connectivity index (χ0n) is 12.6. The van der Waals surface area contributed by atoms with E-state index >= 15 is 0 Å². The van der Waals surface area contributed by atoms with Gasteiger partial charge in [0, 0.05) is 13.1 Å². The second-order valence-electron chi connectivity index (χ2n) is 6.06. The first-order chi connectivity index (χ1) is 9.41. The van der Waals surface area contributed by atoms with Gasteiger partial charge in [0.05, 0.1) is 12.6 Å². The molecule has 1 saturated heterocycles. The summed E-state index contributed by atoms with van der Waals surface area (Å²) in [6.45, 7) is 5.09. The Hall–Kier alpha value is -1.55. The SMILES string of the molecule is COc1cccc(C2CCN(C(=O)C(C)(C)N)CC2)c1. The fraction of sp³-hybridized carbons (Fsp3) is 0.562. The van der Waals surface area contributed by atoms with E-state index in [-0.39, 0.29) is 5.91 Å². The van der Waals surface area contributed by atoms with Gasteiger partial charge in [-0.3, -0.25) is 4.79 Å². The molecule has 0 radical (unpaired) electrons. The molecule has 0 atom stereocenters. The van der Waals surface area contributed by atoms with E-state index in [0.717, 1.165) is 31.7 Å². The van der Waals surface area contributed by atoms with Crippen LogP contribution in [0.25, 0.3) is 0 Å². The minimum atomic E-state index is -0.775. The largest absolute Gasteiger partial charge is 0.497 e. The lowest BCUT2D eigenvalue weighted by Crippen LogP contribution is -2.53. The maximum atomic E-state index is 12.1. The molecule has 110 valence electrons. The monoisotopic (exact) mass is 276 g/mol. The molecule has 4 heteroatoms. The zero-order valence-corrected chi connectivity index (χ0v) is 12.6. The van der Waals surface area contributed by atoms with Gasteiger partial charge < -0.3 is 15.4 Å². The molecule has 4 nitrogen and oxygen atoms in total. The van der Waals surface area contributed by atoms with E-state index in [0.29, 0.717) is 5.92 Å². The molecule has 0 aromatic heterocycles. The Bertz CT molecular complexity index is 472. The second kappa shape index (κ2) is 5.83. The van der Waals surface area contributed by atoms with Crippen molar-refractivity contribution in [1.82, 2.24) is 4.90 Å². The van der Waals surface area contributed by atoms with Crippen molar-refractivity contribution in [2.24, 2.45) is 5.73 Å². The first-order valence-corrected chi connectivity index (χ1v) is 7.14. The molecule has 0 saturated carbocycles. The van der Waals surface area contributed by atoms with Gasteiger partial charge in [0.15, 0.2) is 0 Å². The molecule has 1 aromatic carbocycles. The number of carbonyl (C=O) groups excluding carboxylic acids is 1. The van der Waals surface area contributed by atoms with Gasteiger partial charge in [-0.1, -0.05) is 12.1 Å². The Kier molecular flexibility index (Phi) is 4.33. The standard InChI is InChI=1S/C16H24N2O2/c1-16(2,17)15(19)18-9-7-12(8-10-18)13-5-4-6-14(11-13)20-3/h4-6,11-12H,7-10,17H2,1-3H3. The summed E-state index contributed by atoms with van der Waals surface area (Å²) in [5.74, 6) is 1.43. The van der Waals surface area contributed by atoms with Crippen molar-refractivity contribution in [3.8, 4) is 5.75 Å². The third-order valence-electron chi connectivity index (χ3n) is 3.90.